The van der Waals surface area contributed by atoms with Crippen LogP contribution in [0.2, 0.25) is 0 Å². The highest BCUT2D eigenvalue weighted by atomic mass is 16.5. The number of carbonyl (C=O) groups excluding carboxylic acids is 1. The lowest BCUT2D eigenvalue weighted by Gasteiger charge is -2.29. The molecule has 1 N–H and O–H groups in total. The lowest BCUT2D eigenvalue weighted by Crippen LogP contribution is -2.43. The number of nitrogens with one attached hydrogen (secondary N) is 1. The summed E-state index contributed by atoms with van der Waals surface area (Å²) in [5.74, 6) is 0.322. The fourth-order valence-corrected chi connectivity index (χ4v) is 3.27. The van der Waals surface area contributed by atoms with Gasteiger partial charge in [-0.15, -0.1) is 0 Å². The average molecular weight is 266 g/mol. The van der Waals surface area contributed by atoms with Crippen LogP contribution >= 0.6 is 0 Å². The summed E-state index contributed by atoms with van der Waals surface area (Å²) in [6.45, 7) is 2.87. The molecule has 1 saturated carbocycles. The lowest BCUT2D eigenvalue weighted by atomic mass is 10.1. The summed E-state index contributed by atoms with van der Waals surface area (Å²) in [6.07, 6.45) is 9.08. The standard InChI is InChI=1S/C15H26N2O2/c18-15(10-14-5-1-2-9-19-14)17(13-6-7-13)11-12-4-3-8-16-12/h12-14,16H,1-11H2. The maximum Gasteiger partial charge on any atom is 0.225 e. The van der Waals surface area contributed by atoms with E-state index in [9.17, 15) is 4.79 Å². The molecule has 3 rings (SSSR count). The highest BCUT2D eigenvalue weighted by Crippen LogP contribution is 2.29. The van der Waals surface area contributed by atoms with E-state index in [1.54, 1.807) is 0 Å². The van der Waals surface area contributed by atoms with Crippen LogP contribution in [0.3, 0.4) is 0 Å². The van der Waals surface area contributed by atoms with Crippen LogP contribution in [0.1, 0.15) is 51.4 Å². The molecule has 1 aliphatic carbocycles. The Labute approximate surface area is 115 Å². The molecular formula is C15H26N2O2. The van der Waals surface area contributed by atoms with Crippen molar-refractivity contribution in [3.05, 3.63) is 0 Å². The normalized spacial score (nSPS) is 31.4. The molecule has 1 amide bonds. The van der Waals surface area contributed by atoms with Crippen molar-refractivity contribution in [2.45, 2.75) is 69.6 Å². The maximum atomic E-state index is 12.5. The molecule has 2 atom stereocenters. The molecule has 2 heterocycles. The van der Waals surface area contributed by atoms with Crippen LogP contribution in [0, 0.1) is 0 Å². The molecule has 0 aromatic carbocycles. The Balaban J connectivity index is 1.51. The topological polar surface area (TPSA) is 41.6 Å². The van der Waals surface area contributed by atoms with Gasteiger partial charge in [0.25, 0.3) is 0 Å². The molecule has 0 spiro atoms. The highest BCUT2D eigenvalue weighted by molar-refractivity contribution is 5.77. The van der Waals surface area contributed by atoms with E-state index in [-0.39, 0.29) is 6.10 Å². The molecule has 0 aromatic heterocycles. The Bertz CT molecular complexity index is 305. The second kappa shape index (κ2) is 6.23. The second-order valence-corrected chi connectivity index (χ2v) is 6.26. The molecule has 0 radical (unpaired) electrons. The molecule has 2 saturated heterocycles. The summed E-state index contributed by atoms with van der Waals surface area (Å²) in [6, 6.07) is 1.05. The third-order valence-electron chi connectivity index (χ3n) is 4.56. The predicted octanol–water partition coefficient (Wildman–Crippen LogP) is 1.69. The van der Waals surface area contributed by atoms with Crippen LogP contribution in [-0.4, -0.2) is 48.7 Å². The van der Waals surface area contributed by atoms with Gasteiger partial charge in [0.2, 0.25) is 5.91 Å². The van der Waals surface area contributed by atoms with Gasteiger partial charge >= 0.3 is 0 Å². The molecule has 4 nitrogen and oxygen atoms in total. The first kappa shape index (κ1) is 13.4. The van der Waals surface area contributed by atoms with Gasteiger partial charge in [-0.05, 0) is 51.5 Å². The average Bonchev–Trinajstić information content (AvgIpc) is 3.14. The number of carbonyl (C=O) groups is 1. The van der Waals surface area contributed by atoms with Gasteiger partial charge in [0.1, 0.15) is 0 Å². The van der Waals surface area contributed by atoms with Gasteiger partial charge in [-0.25, -0.2) is 0 Å². The van der Waals surface area contributed by atoms with Crippen molar-refractivity contribution in [3.8, 4) is 0 Å². The van der Waals surface area contributed by atoms with E-state index in [0.717, 1.165) is 32.5 Å². The Hall–Kier alpha value is -0.610. The minimum atomic E-state index is 0.180. The van der Waals surface area contributed by atoms with E-state index >= 15 is 0 Å². The largest absolute Gasteiger partial charge is 0.378 e. The van der Waals surface area contributed by atoms with E-state index in [0.29, 0.717) is 24.4 Å². The lowest BCUT2D eigenvalue weighted by molar-refractivity contribution is -0.136. The number of ether oxygens (including phenoxy) is 1. The number of nitrogens with zero attached hydrogens (tertiary/aromatic N) is 1. The molecule has 0 bridgehead atoms. The van der Waals surface area contributed by atoms with Crippen molar-refractivity contribution in [3.63, 3.8) is 0 Å². The maximum absolute atomic E-state index is 12.5. The molecule has 3 aliphatic rings. The summed E-state index contributed by atoms with van der Waals surface area (Å²) >= 11 is 0. The predicted molar refractivity (Wildman–Crippen MR) is 74.0 cm³/mol. The van der Waals surface area contributed by atoms with E-state index in [4.69, 9.17) is 4.74 Å². The van der Waals surface area contributed by atoms with Gasteiger partial charge in [-0.2, -0.15) is 0 Å². The Morgan fingerprint density at radius 2 is 2.05 bits per heavy atom. The molecule has 19 heavy (non-hydrogen) atoms. The third kappa shape index (κ3) is 3.69. The first-order valence-electron chi connectivity index (χ1n) is 7.97. The molecule has 0 aromatic rings. The number of hydrogen-bond donors (Lipinski definition) is 1. The monoisotopic (exact) mass is 266 g/mol. The molecular weight excluding hydrogens is 240 g/mol. The highest BCUT2D eigenvalue weighted by Gasteiger charge is 2.35. The third-order valence-corrected chi connectivity index (χ3v) is 4.56. The van der Waals surface area contributed by atoms with Crippen LogP contribution in [0.5, 0.6) is 0 Å². The fraction of sp³-hybridized carbons (Fsp3) is 0.933. The van der Waals surface area contributed by atoms with Crippen LogP contribution in [0.15, 0.2) is 0 Å². The van der Waals surface area contributed by atoms with E-state index < -0.39 is 0 Å². The van der Waals surface area contributed by atoms with E-state index in [1.165, 1.54) is 32.1 Å². The summed E-state index contributed by atoms with van der Waals surface area (Å²) in [5, 5.41) is 3.50. The van der Waals surface area contributed by atoms with E-state index in [2.05, 4.69) is 10.2 Å². The summed E-state index contributed by atoms with van der Waals surface area (Å²) in [7, 11) is 0. The Morgan fingerprint density at radius 3 is 2.68 bits per heavy atom. The zero-order chi connectivity index (χ0) is 13.1. The SMILES string of the molecule is O=C(CC1CCCCO1)N(CC1CCCN1)C1CC1. The number of rotatable bonds is 5. The molecule has 3 fully saturated rings. The summed E-state index contributed by atoms with van der Waals surface area (Å²) in [4.78, 5) is 14.6. The molecule has 108 valence electrons. The Morgan fingerprint density at radius 1 is 1.16 bits per heavy atom. The summed E-state index contributed by atoms with van der Waals surface area (Å²) < 4.78 is 5.71. The van der Waals surface area contributed by atoms with E-state index in [1.807, 2.05) is 0 Å². The van der Waals surface area contributed by atoms with Gasteiger partial charge in [0.15, 0.2) is 0 Å². The van der Waals surface area contributed by atoms with Crippen LogP contribution < -0.4 is 5.32 Å². The van der Waals surface area contributed by atoms with Gasteiger partial charge < -0.3 is 15.0 Å². The van der Waals surface area contributed by atoms with Gasteiger partial charge in [-0.3, -0.25) is 4.79 Å². The zero-order valence-electron chi connectivity index (χ0n) is 11.8. The quantitative estimate of drug-likeness (QED) is 0.823. The number of hydrogen-bond acceptors (Lipinski definition) is 3. The van der Waals surface area contributed by atoms with Crippen molar-refractivity contribution in [2.75, 3.05) is 19.7 Å². The minimum absolute atomic E-state index is 0.180. The smallest absolute Gasteiger partial charge is 0.225 e. The van der Waals surface area contributed by atoms with Gasteiger partial charge in [0.05, 0.1) is 12.5 Å². The molecule has 2 unspecified atom stereocenters. The van der Waals surface area contributed by atoms with Crippen LogP contribution in [-0.2, 0) is 9.53 Å². The zero-order valence-corrected chi connectivity index (χ0v) is 11.8. The van der Waals surface area contributed by atoms with Gasteiger partial charge in [0, 0.05) is 25.2 Å². The first-order valence-corrected chi connectivity index (χ1v) is 7.97. The van der Waals surface area contributed by atoms with Crippen molar-refractivity contribution < 1.29 is 9.53 Å². The Kier molecular flexibility index (Phi) is 4.38. The van der Waals surface area contributed by atoms with Crippen LogP contribution in [0.4, 0.5) is 0 Å². The molecule has 2 aliphatic heterocycles. The van der Waals surface area contributed by atoms with Crippen molar-refractivity contribution in [2.24, 2.45) is 0 Å². The summed E-state index contributed by atoms with van der Waals surface area (Å²) in [5.41, 5.74) is 0. The van der Waals surface area contributed by atoms with Crippen molar-refractivity contribution >= 4 is 5.91 Å². The number of amides is 1. The minimum Gasteiger partial charge on any atom is -0.378 e. The van der Waals surface area contributed by atoms with Crippen molar-refractivity contribution in [1.29, 1.82) is 0 Å². The van der Waals surface area contributed by atoms with Crippen LogP contribution in [0.25, 0.3) is 0 Å². The second-order valence-electron chi connectivity index (χ2n) is 6.26. The van der Waals surface area contributed by atoms with Crippen molar-refractivity contribution in [1.82, 2.24) is 10.2 Å². The van der Waals surface area contributed by atoms with Gasteiger partial charge in [-0.1, -0.05) is 0 Å². The molecule has 4 heteroatoms. The fourth-order valence-electron chi connectivity index (χ4n) is 3.27. The first-order chi connectivity index (χ1) is 9.33.